The van der Waals surface area contributed by atoms with Crippen LogP contribution in [0.1, 0.15) is 11.4 Å². The summed E-state index contributed by atoms with van der Waals surface area (Å²) in [5.41, 5.74) is 3.18. The van der Waals surface area contributed by atoms with Crippen molar-refractivity contribution in [2.24, 2.45) is 5.10 Å². The summed E-state index contributed by atoms with van der Waals surface area (Å²) < 4.78 is 7.46. The van der Waals surface area contributed by atoms with Crippen molar-refractivity contribution in [2.75, 3.05) is 18.2 Å². The zero-order valence-corrected chi connectivity index (χ0v) is 25.0. The number of amides is 1. The van der Waals surface area contributed by atoms with E-state index in [1.165, 1.54) is 6.07 Å². The second-order valence-corrected chi connectivity index (χ2v) is 10.8. The number of aromatic hydroxyl groups is 1. The van der Waals surface area contributed by atoms with Crippen molar-refractivity contribution in [1.82, 2.24) is 20.2 Å². The molecule has 16 heteroatoms. The fourth-order valence-corrected chi connectivity index (χ4v) is 5.27. The van der Waals surface area contributed by atoms with Gasteiger partial charge in [-0.3, -0.25) is 19.5 Å². The van der Waals surface area contributed by atoms with Crippen LogP contribution in [0.5, 0.6) is 11.5 Å². The van der Waals surface area contributed by atoms with Crippen LogP contribution in [-0.2, 0) is 11.3 Å². The van der Waals surface area contributed by atoms with Crippen LogP contribution in [0.15, 0.2) is 69.3 Å². The molecule has 0 bridgehead atoms. The van der Waals surface area contributed by atoms with Crippen molar-refractivity contribution in [1.29, 1.82) is 0 Å². The summed E-state index contributed by atoms with van der Waals surface area (Å²) in [5.74, 6) is -0.0208. The first-order valence-corrected chi connectivity index (χ1v) is 14.1. The molecule has 1 amide bonds. The second kappa shape index (κ2) is 13.7. The Morgan fingerprint density at radius 3 is 2.76 bits per heavy atom. The first kappa shape index (κ1) is 30.1. The fraction of sp³-hybridized carbons (Fsp3) is 0.120. The van der Waals surface area contributed by atoms with Crippen LogP contribution in [-0.4, -0.2) is 49.8 Å². The maximum absolute atomic E-state index is 12.5. The average molecular weight is 681 g/mol. The van der Waals surface area contributed by atoms with Crippen molar-refractivity contribution in [2.45, 2.75) is 11.7 Å². The Morgan fingerprint density at radius 2 is 2.02 bits per heavy atom. The summed E-state index contributed by atoms with van der Waals surface area (Å²) in [6.45, 7) is 0.256. The van der Waals surface area contributed by atoms with E-state index in [-0.39, 0.29) is 17.9 Å². The van der Waals surface area contributed by atoms with Crippen LogP contribution >= 0.6 is 50.9 Å². The number of benzene rings is 3. The maximum Gasteiger partial charge on any atom is 0.312 e. The standard InChI is InChI=1S/C25H20BrCl2N7O5S/c1-40-21-5-3-2-4-18(21)29-12-22-31-33-25(34(22)19-7-6-16(27)10-17(19)28)41-13-23(36)32-30-11-14-8-15(26)9-20(24(14)37)35(38)39/h2-11,29,37H,12-13H2,1H3,(H,32,36)/b30-11-. The van der Waals surface area contributed by atoms with Gasteiger partial charge in [0.15, 0.2) is 11.0 Å². The van der Waals surface area contributed by atoms with E-state index in [2.05, 4.69) is 42.0 Å². The number of para-hydroxylation sites is 2. The molecule has 1 heterocycles. The van der Waals surface area contributed by atoms with Crippen LogP contribution in [0, 0.1) is 10.1 Å². The number of phenolic OH excluding ortho intramolecular Hbond substituents is 1. The number of halogens is 3. The number of nitrogens with one attached hydrogen (secondary N) is 2. The van der Waals surface area contributed by atoms with E-state index in [1.54, 1.807) is 29.9 Å². The molecule has 0 saturated carbocycles. The van der Waals surface area contributed by atoms with Gasteiger partial charge in [-0.05, 0) is 36.4 Å². The number of methoxy groups -OCH3 is 1. The summed E-state index contributed by atoms with van der Waals surface area (Å²) >= 11 is 16.8. The van der Waals surface area contributed by atoms with Crippen molar-refractivity contribution in [3.05, 3.63) is 90.6 Å². The lowest BCUT2D eigenvalue weighted by Gasteiger charge is -2.14. The number of anilines is 1. The molecule has 0 aliphatic heterocycles. The highest BCUT2D eigenvalue weighted by Gasteiger charge is 2.20. The van der Waals surface area contributed by atoms with Crippen molar-refractivity contribution >= 4 is 74.4 Å². The zero-order chi connectivity index (χ0) is 29.5. The highest BCUT2D eigenvalue weighted by Crippen LogP contribution is 2.33. The van der Waals surface area contributed by atoms with Crippen LogP contribution in [0.4, 0.5) is 11.4 Å². The summed E-state index contributed by atoms with van der Waals surface area (Å²) in [7, 11) is 1.58. The lowest BCUT2D eigenvalue weighted by atomic mass is 10.2. The first-order chi connectivity index (χ1) is 19.7. The molecule has 0 radical (unpaired) electrons. The minimum absolute atomic E-state index is 0.0448. The molecular weight excluding hydrogens is 661 g/mol. The number of carbonyl (C=O) groups is 1. The van der Waals surface area contributed by atoms with E-state index in [1.807, 2.05) is 24.3 Å². The Morgan fingerprint density at radius 1 is 1.24 bits per heavy atom. The fourth-order valence-electron chi connectivity index (χ4n) is 3.56. The molecule has 0 atom stereocenters. The number of thioether (sulfide) groups is 1. The number of hydrogen-bond donors (Lipinski definition) is 3. The highest BCUT2D eigenvalue weighted by molar-refractivity contribution is 9.10. The van der Waals surface area contributed by atoms with Crippen LogP contribution in [0.3, 0.4) is 0 Å². The monoisotopic (exact) mass is 679 g/mol. The molecule has 12 nitrogen and oxygen atoms in total. The molecule has 0 saturated heterocycles. The molecule has 0 unspecified atom stereocenters. The van der Waals surface area contributed by atoms with Crippen molar-refractivity contribution < 1.29 is 19.6 Å². The second-order valence-electron chi connectivity index (χ2n) is 8.09. The third-order valence-electron chi connectivity index (χ3n) is 5.40. The number of hydrazone groups is 1. The number of nitrogens with zero attached hydrogens (tertiary/aromatic N) is 5. The van der Waals surface area contributed by atoms with Gasteiger partial charge in [-0.2, -0.15) is 5.10 Å². The Labute approximate surface area is 256 Å². The van der Waals surface area contributed by atoms with E-state index >= 15 is 0 Å². The molecule has 3 aromatic carbocycles. The lowest BCUT2D eigenvalue weighted by Crippen LogP contribution is -2.20. The van der Waals surface area contributed by atoms with Gasteiger partial charge in [0.2, 0.25) is 5.75 Å². The summed E-state index contributed by atoms with van der Waals surface area (Å²) in [5, 5.41) is 38.0. The Balaban J connectivity index is 1.50. The Hall–Kier alpha value is -3.85. The maximum atomic E-state index is 12.5. The quantitative estimate of drug-likeness (QED) is 0.0769. The van der Waals surface area contributed by atoms with Crippen molar-refractivity contribution in [3.63, 3.8) is 0 Å². The first-order valence-electron chi connectivity index (χ1n) is 11.6. The van der Waals surface area contributed by atoms with Crippen molar-refractivity contribution in [3.8, 4) is 17.2 Å². The molecule has 4 aromatic rings. The number of nitro benzene ring substituents is 1. The van der Waals surface area contributed by atoms with Gasteiger partial charge >= 0.3 is 5.69 Å². The molecule has 0 spiro atoms. The number of phenols is 1. The lowest BCUT2D eigenvalue weighted by molar-refractivity contribution is -0.385. The van der Waals surface area contributed by atoms with E-state index in [0.29, 0.717) is 36.9 Å². The van der Waals surface area contributed by atoms with E-state index < -0.39 is 22.3 Å². The number of nitro groups is 1. The molecule has 0 aliphatic carbocycles. The van der Waals surface area contributed by atoms with Gasteiger partial charge in [0, 0.05) is 21.1 Å². The highest BCUT2D eigenvalue weighted by atomic mass is 79.9. The molecule has 3 N–H and O–H groups in total. The third-order valence-corrected chi connectivity index (χ3v) is 7.33. The van der Waals surface area contributed by atoms with Crippen LogP contribution < -0.4 is 15.5 Å². The number of aromatic nitrogens is 3. The predicted molar refractivity (Wildman–Crippen MR) is 161 cm³/mol. The Bertz CT molecular complexity index is 1640. The third kappa shape index (κ3) is 7.47. The van der Waals surface area contributed by atoms with E-state index in [0.717, 1.165) is 29.7 Å². The SMILES string of the molecule is COc1ccccc1NCc1nnc(SCC(=O)N/N=C\c2cc(Br)cc([N+](=O)[O-])c2O)n1-c1ccc(Cl)cc1Cl. The minimum Gasteiger partial charge on any atom is -0.502 e. The molecule has 0 fully saturated rings. The van der Waals surface area contributed by atoms with Gasteiger partial charge in [-0.25, -0.2) is 5.43 Å². The molecule has 0 aliphatic rings. The smallest absolute Gasteiger partial charge is 0.312 e. The molecule has 1 aromatic heterocycles. The topological polar surface area (TPSA) is 157 Å². The molecule has 4 rings (SSSR count). The van der Waals surface area contributed by atoms with E-state index in [4.69, 9.17) is 27.9 Å². The molecule has 41 heavy (non-hydrogen) atoms. The summed E-state index contributed by atoms with van der Waals surface area (Å²) in [6.07, 6.45) is 1.10. The number of rotatable bonds is 11. The zero-order valence-electron chi connectivity index (χ0n) is 21.0. The van der Waals surface area contributed by atoms with Gasteiger partial charge in [-0.1, -0.05) is 63.0 Å². The number of carbonyl (C=O) groups excluding carboxylic acids is 1. The van der Waals surface area contributed by atoms with Gasteiger partial charge < -0.3 is 15.2 Å². The summed E-state index contributed by atoms with van der Waals surface area (Å²) in [6, 6.07) is 15.0. The summed E-state index contributed by atoms with van der Waals surface area (Å²) in [4.78, 5) is 22.9. The predicted octanol–water partition coefficient (Wildman–Crippen LogP) is 5.81. The van der Waals surface area contributed by atoms with Gasteiger partial charge in [0.1, 0.15) is 5.75 Å². The van der Waals surface area contributed by atoms with Crippen LogP contribution in [0.2, 0.25) is 10.0 Å². The average Bonchev–Trinajstić information content (AvgIpc) is 3.34. The normalized spacial score (nSPS) is 11.0. The number of hydrogen-bond acceptors (Lipinski definition) is 10. The molecule has 212 valence electrons. The molecular formula is C25H20BrCl2N7O5S. The van der Waals surface area contributed by atoms with Gasteiger partial charge in [0.25, 0.3) is 5.91 Å². The number of ether oxygens (including phenoxy) is 1. The van der Waals surface area contributed by atoms with Gasteiger partial charge in [0.05, 0.1) is 46.9 Å². The van der Waals surface area contributed by atoms with E-state index in [9.17, 15) is 20.0 Å². The van der Waals surface area contributed by atoms with Crippen LogP contribution in [0.25, 0.3) is 5.69 Å². The van der Waals surface area contributed by atoms with Gasteiger partial charge in [-0.15, -0.1) is 10.2 Å². The largest absolute Gasteiger partial charge is 0.502 e. The Kier molecular flexibility index (Phi) is 10.0. The minimum atomic E-state index is -0.726.